The van der Waals surface area contributed by atoms with Crippen LogP contribution in [0.25, 0.3) is 0 Å². The second kappa shape index (κ2) is 9.44. The Hall–Kier alpha value is -3.04. The molecule has 0 aromatic heterocycles. The lowest BCUT2D eigenvalue weighted by Crippen LogP contribution is -2.08. The third kappa shape index (κ3) is 5.27. The summed E-state index contributed by atoms with van der Waals surface area (Å²) < 4.78 is 10.1. The zero-order valence-electron chi connectivity index (χ0n) is 16.3. The van der Waals surface area contributed by atoms with Crippen LogP contribution in [0, 0.1) is 11.3 Å². The number of fused-ring (bicyclic) bond motifs is 2. The number of hydrogen-bond donors (Lipinski definition) is 0. The summed E-state index contributed by atoms with van der Waals surface area (Å²) in [5.74, 6) is -1.16. The average Bonchev–Trinajstić information content (AvgIpc) is 2.90. The van der Waals surface area contributed by atoms with Crippen molar-refractivity contribution in [3.05, 3.63) is 70.8 Å². The summed E-state index contributed by atoms with van der Waals surface area (Å²) in [7, 11) is 0. The SMILES string of the molecule is CCOC(=O)/C=C/C(=O)OC(C)c1ccc2c(c1)CCc1ccc(C#N)cc1S2. The fraction of sp³-hybridized carbons (Fsp3) is 0.261. The van der Waals surface area contributed by atoms with Crippen molar-refractivity contribution in [3.63, 3.8) is 0 Å². The van der Waals surface area contributed by atoms with Crippen LogP contribution < -0.4 is 0 Å². The fourth-order valence-electron chi connectivity index (χ4n) is 3.07. The summed E-state index contributed by atoms with van der Waals surface area (Å²) in [6, 6.07) is 14.0. The number of ether oxygens (including phenoxy) is 2. The molecule has 0 fully saturated rings. The third-order valence-electron chi connectivity index (χ3n) is 4.57. The van der Waals surface area contributed by atoms with Crippen molar-refractivity contribution in [2.75, 3.05) is 6.61 Å². The van der Waals surface area contributed by atoms with Crippen molar-refractivity contribution < 1.29 is 19.1 Å². The van der Waals surface area contributed by atoms with Gasteiger partial charge < -0.3 is 9.47 Å². The normalized spacial score (nSPS) is 13.6. The van der Waals surface area contributed by atoms with E-state index in [-0.39, 0.29) is 6.61 Å². The minimum Gasteiger partial charge on any atom is -0.463 e. The number of carbonyl (C=O) groups is 2. The van der Waals surface area contributed by atoms with Gasteiger partial charge >= 0.3 is 11.9 Å². The monoisotopic (exact) mass is 407 g/mol. The van der Waals surface area contributed by atoms with Gasteiger partial charge in [-0.3, -0.25) is 0 Å². The van der Waals surface area contributed by atoms with Crippen LogP contribution in [0.4, 0.5) is 0 Å². The highest BCUT2D eigenvalue weighted by atomic mass is 32.2. The van der Waals surface area contributed by atoms with E-state index in [0.717, 1.165) is 40.3 Å². The first-order valence-corrected chi connectivity index (χ1v) is 10.2. The molecule has 29 heavy (non-hydrogen) atoms. The molecule has 0 spiro atoms. The minimum absolute atomic E-state index is 0.253. The van der Waals surface area contributed by atoms with Gasteiger partial charge in [-0.05, 0) is 61.6 Å². The van der Waals surface area contributed by atoms with Crippen LogP contribution in [-0.4, -0.2) is 18.5 Å². The largest absolute Gasteiger partial charge is 0.463 e. The Kier molecular flexibility index (Phi) is 6.73. The van der Waals surface area contributed by atoms with Crippen LogP contribution in [-0.2, 0) is 31.9 Å². The lowest BCUT2D eigenvalue weighted by Gasteiger charge is -2.15. The Labute approximate surface area is 174 Å². The van der Waals surface area contributed by atoms with E-state index in [9.17, 15) is 9.59 Å². The first kappa shape index (κ1) is 20.7. The standard InChI is InChI=1S/C23H21NO4S/c1-3-27-22(25)10-11-23(26)28-15(2)18-8-9-20-19(13-18)7-6-17-5-4-16(14-24)12-21(17)29-20/h4-5,8-13,15H,3,6-7H2,1-2H3/b11-10+. The van der Waals surface area contributed by atoms with E-state index in [1.54, 1.807) is 25.6 Å². The minimum atomic E-state index is -0.591. The topological polar surface area (TPSA) is 76.4 Å². The van der Waals surface area contributed by atoms with E-state index >= 15 is 0 Å². The van der Waals surface area contributed by atoms with Crippen molar-refractivity contribution in [1.29, 1.82) is 5.26 Å². The lowest BCUT2D eigenvalue weighted by molar-refractivity contribution is -0.143. The molecule has 148 valence electrons. The number of nitriles is 1. The van der Waals surface area contributed by atoms with E-state index in [0.29, 0.717) is 5.56 Å². The summed E-state index contributed by atoms with van der Waals surface area (Å²) in [6.07, 6.45) is 3.47. The van der Waals surface area contributed by atoms with E-state index in [2.05, 4.69) is 12.1 Å². The number of esters is 2. The van der Waals surface area contributed by atoms with Gasteiger partial charge in [0.25, 0.3) is 0 Å². The van der Waals surface area contributed by atoms with Crippen LogP contribution in [0.2, 0.25) is 0 Å². The second-order valence-corrected chi connectivity index (χ2v) is 7.65. The van der Waals surface area contributed by atoms with Crippen LogP contribution >= 0.6 is 11.8 Å². The fourth-order valence-corrected chi connectivity index (χ4v) is 4.22. The molecule has 1 aliphatic rings. The van der Waals surface area contributed by atoms with E-state index in [1.807, 2.05) is 30.3 Å². The maximum Gasteiger partial charge on any atom is 0.331 e. The van der Waals surface area contributed by atoms with Crippen molar-refractivity contribution in [3.8, 4) is 6.07 Å². The predicted octanol–water partition coefficient (Wildman–Crippen LogP) is 4.53. The van der Waals surface area contributed by atoms with E-state index < -0.39 is 18.0 Å². The number of hydrogen-bond acceptors (Lipinski definition) is 6. The molecule has 2 aromatic rings. The Morgan fingerprint density at radius 3 is 2.62 bits per heavy atom. The van der Waals surface area contributed by atoms with Gasteiger partial charge in [0, 0.05) is 21.9 Å². The molecule has 1 atom stereocenters. The molecule has 1 unspecified atom stereocenters. The molecule has 0 radical (unpaired) electrons. The van der Waals surface area contributed by atoms with Gasteiger partial charge in [0.05, 0.1) is 18.2 Å². The number of nitrogens with zero attached hydrogens (tertiary/aromatic N) is 1. The van der Waals surface area contributed by atoms with Gasteiger partial charge in [-0.2, -0.15) is 5.26 Å². The van der Waals surface area contributed by atoms with Crippen LogP contribution in [0.3, 0.4) is 0 Å². The molecule has 0 amide bonds. The molecule has 2 aromatic carbocycles. The summed E-state index contributed by atoms with van der Waals surface area (Å²) in [6.45, 7) is 3.75. The molecule has 3 rings (SSSR count). The Balaban J connectivity index is 1.71. The molecule has 1 aliphatic heterocycles. The van der Waals surface area contributed by atoms with E-state index in [4.69, 9.17) is 14.7 Å². The Bertz CT molecular complexity index is 1010. The van der Waals surface area contributed by atoms with Gasteiger partial charge in [-0.15, -0.1) is 0 Å². The van der Waals surface area contributed by atoms with Gasteiger partial charge in [0.1, 0.15) is 6.10 Å². The molecule has 5 nitrogen and oxygen atoms in total. The summed E-state index contributed by atoms with van der Waals surface area (Å²) >= 11 is 1.66. The summed E-state index contributed by atoms with van der Waals surface area (Å²) in [5.41, 5.74) is 3.97. The van der Waals surface area contributed by atoms with Crippen molar-refractivity contribution >= 4 is 23.7 Å². The molecular weight excluding hydrogens is 386 g/mol. The van der Waals surface area contributed by atoms with Gasteiger partial charge in [0.2, 0.25) is 0 Å². The third-order valence-corrected chi connectivity index (χ3v) is 5.79. The average molecular weight is 407 g/mol. The zero-order valence-corrected chi connectivity index (χ0v) is 17.1. The first-order chi connectivity index (χ1) is 14.0. The number of rotatable bonds is 5. The quantitative estimate of drug-likeness (QED) is 0.535. The highest BCUT2D eigenvalue weighted by Crippen LogP contribution is 2.38. The second-order valence-electron chi connectivity index (χ2n) is 6.57. The van der Waals surface area contributed by atoms with Gasteiger partial charge in [0.15, 0.2) is 0 Å². The number of carbonyl (C=O) groups excluding carboxylic acids is 2. The maximum atomic E-state index is 11.9. The van der Waals surface area contributed by atoms with Gasteiger partial charge in [-0.1, -0.05) is 30.0 Å². The van der Waals surface area contributed by atoms with Crippen molar-refractivity contribution in [2.24, 2.45) is 0 Å². The molecule has 1 heterocycles. The molecule has 6 heteroatoms. The molecule has 0 saturated carbocycles. The maximum absolute atomic E-state index is 11.9. The number of benzene rings is 2. The highest BCUT2D eigenvalue weighted by molar-refractivity contribution is 7.99. The summed E-state index contributed by atoms with van der Waals surface area (Å²) in [4.78, 5) is 25.5. The van der Waals surface area contributed by atoms with Crippen molar-refractivity contribution in [1.82, 2.24) is 0 Å². The van der Waals surface area contributed by atoms with Gasteiger partial charge in [-0.25, -0.2) is 9.59 Å². The highest BCUT2D eigenvalue weighted by Gasteiger charge is 2.17. The molecule has 0 saturated heterocycles. The molecule has 0 bridgehead atoms. The molecule has 0 aliphatic carbocycles. The van der Waals surface area contributed by atoms with Crippen LogP contribution in [0.15, 0.2) is 58.3 Å². The smallest absolute Gasteiger partial charge is 0.331 e. The first-order valence-electron chi connectivity index (χ1n) is 9.39. The van der Waals surface area contributed by atoms with E-state index in [1.165, 1.54) is 11.1 Å². The predicted molar refractivity (Wildman–Crippen MR) is 109 cm³/mol. The van der Waals surface area contributed by atoms with Crippen molar-refractivity contribution in [2.45, 2.75) is 42.6 Å². The molecule has 0 N–H and O–H groups in total. The summed E-state index contributed by atoms with van der Waals surface area (Å²) in [5, 5.41) is 9.14. The van der Waals surface area contributed by atoms with Crippen LogP contribution in [0.1, 0.15) is 42.2 Å². The molecular formula is C23H21NO4S. The Morgan fingerprint density at radius 2 is 1.86 bits per heavy atom. The number of aryl methyl sites for hydroxylation is 2. The zero-order chi connectivity index (χ0) is 20.8. The van der Waals surface area contributed by atoms with Crippen LogP contribution in [0.5, 0.6) is 0 Å². The lowest BCUT2D eigenvalue weighted by atomic mass is 10.0. The Morgan fingerprint density at radius 1 is 1.10 bits per heavy atom.